The van der Waals surface area contributed by atoms with E-state index in [1.165, 1.54) is 11.8 Å². The predicted molar refractivity (Wildman–Crippen MR) is 90.3 cm³/mol. The number of aliphatic hydroxyl groups excluding tert-OH is 1. The number of hydrogen-bond donors (Lipinski definition) is 2. The molecule has 0 aliphatic carbocycles. The van der Waals surface area contributed by atoms with Crippen molar-refractivity contribution in [1.29, 1.82) is 0 Å². The highest BCUT2D eigenvalue weighted by atomic mass is 35.5. The van der Waals surface area contributed by atoms with Crippen LogP contribution in [0, 0.1) is 0 Å². The van der Waals surface area contributed by atoms with Crippen molar-refractivity contribution in [2.24, 2.45) is 0 Å². The molecular weight excluding hydrogens is 314 g/mol. The number of benzene rings is 1. The van der Waals surface area contributed by atoms with Crippen molar-refractivity contribution in [3.8, 4) is 0 Å². The Morgan fingerprint density at radius 3 is 2.70 bits per heavy atom. The van der Waals surface area contributed by atoms with E-state index in [1.54, 1.807) is 12.1 Å². The van der Waals surface area contributed by atoms with Gasteiger partial charge in [-0.25, -0.2) is 0 Å². The summed E-state index contributed by atoms with van der Waals surface area (Å²) in [7, 11) is 0. The van der Waals surface area contributed by atoms with Crippen LogP contribution >= 0.6 is 11.6 Å². The highest BCUT2D eigenvalue weighted by Crippen LogP contribution is 2.18. The summed E-state index contributed by atoms with van der Waals surface area (Å²) in [5.74, 6) is 0.520. The number of aliphatic hydroxyl groups is 1. The quantitative estimate of drug-likeness (QED) is 0.769. The van der Waals surface area contributed by atoms with Crippen LogP contribution in [0.15, 0.2) is 47.1 Å². The minimum atomic E-state index is -0.700. The van der Waals surface area contributed by atoms with Gasteiger partial charge < -0.3 is 14.8 Å². The molecule has 0 aliphatic rings. The minimum Gasteiger partial charge on any atom is -0.467 e. The zero-order valence-electron chi connectivity index (χ0n) is 13.2. The van der Waals surface area contributed by atoms with Gasteiger partial charge in [-0.1, -0.05) is 23.7 Å². The first-order valence-electron chi connectivity index (χ1n) is 7.80. The van der Waals surface area contributed by atoms with Crippen LogP contribution in [0.5, 0.6) is 0 Å². The normalized spacial score (nSPS) is 13.5. The number of hydrogen-bond acceptors (Lipinski definition) is 3. The summed E-state index contributed by atoms with van der Waals surface area (Å²) in [6.45, 7) is 1.88. The Hall–Kier alpha value is -1.78. The summed E-state index contributed by atoms with van der Waals surface area (Å²) in [6.07, 6.45) is 3.34. The van der Waals surface area contributed by atoms with Gasteiger partial charge in [-0.15, -0.1) is 0 Å². The second kappa shape index (κ2) is 8.75. The number of amides is 1. The van der Waals surface area contributed by atoms with Crippen molar-refractivity contribution >= 4 is 17.5 Å². The van der Waals surface area contributed by atoms with Crippen LogP contribution in [-0.2, 0) is 11.2 Å². The SMILES string of the molecule is CC(CC(O)c1ccco1)NC(=O)CCCc1ccc(Cl)cc1. The van der Waals surface area contributed by atoms with E-state index in [9.17, 15) is 9.90 Å². The van der Waals surface area contributed by atoms with Gasteiger partial charge in [0.05, 0.1) is 6.26 Å². The zero-order valence-corrected chi connectivity index (χ0v) is 13.9. The van der Waals surface area contributed by atoms with Crippen molar-refractivity contribution in [2.75, 3.05) is 0 Å². The summed E-state index contributed by atoms with van der Waals surface area (Å²) in [4.78, 5) is 11.9. The van der Waals surface area contributed by atoms with E-state index in [0.717, 1.165) is 17.9 Å². The van der Waals surface area contributed by atoms with E-state index in [4.69, 9.17) is 16.0 Å². The summed E-state index contributed by atoms with van der Waals surface area (Å²) in [6, 6.07) is 11.0. The first kappa shape index (κ1) is 17.6. The third kappa shape index (κ3) is 6.08. The first-order chi connectivity index (χ1) is 11.0. The molecule has 0 bridgehead atoms. The summed E-state index contributed by atoms with van der Waals surface area (Å²) >= 11 is 5.84. The van der Waals surface area contributed by atoms with Gasteiger partial charge in [0.2, 0.25) is 5.91 Å². The van der Waals surface area contributed by atoms with Crippen LogP contribution in [0.4, 0.5) is 0 Å². The van der Waals surface area contributed by atoms with E-state index in [-0.39, 0.29) is 11.9 Å². The Labute approximate surface area is 141 Å². The van der Waals surface area contributed by atoms with E-state index in [2.05, 4.69) is 5.32 Å². The van der Waals surface area contributed by atoms with E-state index < -0.39 is 6.10 Å². The molecule has 4 nitrogen and oxygen atoms in total. The van der Waals surface area contributed by atoms with Gasteiger partial charge in [-0.3, -0.25) is 4.79 Å². The van der Waals surface area contributed by atoms with E-state index in [1.807, 2.05) is 31.2 Å². The van der Waals surface area contributed by atoms with E-state index >= 15 is 0 Å². The number of nitrogens with one attached hydrogen (secondary N) is 1. The number of halogens is 1. The van der Waals surface area contributed by atoms with Gasteiger partial charge >= 0.3 is 0 Å². The van der Waals surface area contributed by atoms with Crippen molar-refractivity contribution < 1.29 is 14.3 Å². The Kier molecular flexibility index (Phi) is 6.68. The molecule has 2 N–H and O–H groups in total. The molecular formula is C18H22ClNO3. The van der Waals surface area contributed by atoms with Gasteiger partial charge in [0.25, 0.3) is 0 Å². The smallest absolute Gasteiger partial charge is 0.220 e. The molecule has 0 radical (unpaired) electrons. The number of aryl methyl sites for hydroxylation is 1. The van der Waals surface area contributed by atoms with E-state index in [0.29, 0.717) is 18.6 Å². The highest BCUT2D eigenvalue weighted by Gasteiger charge is 2.16. The molecule has 5 heteroatoms. The Balaban J connectivity index is 1.66. The predicted octanol–water partition coefficient (Wildman–Crippen LogP) is 3.88. The highest BCUT2D eigenvalue weighted by molar-refractivity contribution is 6.30. The third-order valence-corrected chi connectivity index (χ3v) is 3.89. The maximum atomic E-state index is 11.9. The molecule has 0 saturated heterocycles. The number of rotatable bonds is 8. The van der Waals surface area contributed by atoms with Crippen LogP contribution in [0.25, 0.3) is 0 Å². The average Bonchev–Trinajstić information content (AvgIpc) is 3.03. The molecule has 124 valence electrons. The maximum absolute atomic E-state index is 11.9. The summed E-state index contributed by atoms with van der Waals surface area (Å²) in [5.41, 5.74) is 1.17. The van der Waals surface area contributed by atoms with Gasteiger partial charge in [0.15, 0.2) is 0 Å². The zero-order chi connectivity index (χ0) is 16.7. The van der Waals surface area contributed by atoms with Crippen LogP contribution in [0.1, 0.15) is 43.6 Å². The lowest BCUT2D eigenvalue weighted by atomic mass is 10.1. The number of carbonyl (C=O) groups is 1. The molecule has 0 saturated carbocycles. The molecule has 1 aromatic heterocycles. The topological polar surface area (TPSA) is 62.5 Å². The lowest BCUT2D eigenvalue weighted by Crippen LogP contribution is -2.33. The molecule has 0 aliphatic heterocycles. The van der Waals surface area contributed by atoms with Crippen molar-refractivity contribution in [1.82, 2.24) is 5.32 Å². The van der Waals surface area contributed by atoms with Crippen LogP contribution in [-0.4, -0.2) is 17.1 Å². The standard InChI is InChI=1S/C18H22ClNO3/c1-13(12-16(21)17-5-3-11-23-17)20-18(22)6-2-4-14-7-9-15(19)10-8-14/h3,5,7-11,13,16,21H,2,4,6,12H2,1H3,(H,20,22). The fourth-order valence-electron chi connectivity index (χ4n) is 2.44. The molecule has 1 aromatic carbocycles. The van der Waals surface area contributed by atoms with Crippen LogP contribution in [0.3, 0.4) is 0 Å². The molecule has 2 atom stereocenters. The number of furan rings is 1. The molecule has 2 aromatic rings. The van der Waals surface area contributed by atoms with Crippen molar-refractivity contribution in [3.63, 3.8) is 0 Å². The first-order valence-corrected chi connectivity index (χ1v) is 8.17. The second-order valence-corrected chi connectivity index (χ2v) is 6.15. The molecule has 1 heterocycles. The van der Waals surface area contributed by atoms with Gasteiger partial charge in [0, 0.05) is 23.9 Å². The lowest BCUT2D eigenvalue weighted by molar-refractivity contribution is -0.121. The average molecular weight is 336 g/mol. The number of carbonyl (C=O) groups excluding carboxylic acids is 1. The fourth-order valence-corrected chi connectivity index (χ4v) is 2.57. The van der Waals surface area contributed by atoms with Gasteiger partial charge in [-0.2, -0.15) is 0 Å². The monoisotopic (exact) mass is 335 g/mol. The second-order valence-electron chi connectivity index (χ2n) is 5.72. The Morgan fingerprint density at radius 1 is 1.30 bits per heavy atom. The molecule has 2 unspecified atom stereocenters. The summed E-state index contributed by atoms with van der Waals surface area (Å²) < 4.78 is 5.15. The third-order valence-electron chi connectivity index (χ3n) is 3.64. The molecule has 0 spiro atoms. The van der Waals surface area contributed by atoms with Gasteiger partial charge in [-0.05, 0) is 49.6 Å². The maximum Gasteiger partial charge on any atom is 0.220 e. The van der Waals surface area contributed by atoms with Crippen molar-refractivity contribution in [2.45, 2.75) is 44.8 Å². The Bertz CT molecular complexity index is 595. The Morgan fingerprint density at radius 2 is 2.04 bits per heavy atom. The lowest BCUT2D eigenvalue weighted by Gasteiger charge is -2.16. The molecule has 0 fully saturated rings. The molecule has 2 rings (SSSR count). The van der Waals surface area contributed by atoms with Crippen LogP contribution < -0.4 is 5.32 Å². The molecule has 23 heavy (non-hydrogen) atoms. The molecule has 1 amide bonds. The fraction of sp³-hybridized carbons (Fsp3) is 0.389. The minimum absolute atomic E-state index is 0.00175. The van der Waals surface area contributed by atoms with Gasteiger partial charge in [0.1, 0.15) is 11.9 Å². The largest absolute Gasteiger partial charge is 0.467 e. The van der Waals surface area contributed by atoms with Crippen LogP contribution in [0.2, 0.25) is 5.02 Å². The summed E-state index contributed by atoms with van der Waals surface area (Å²) in [5, 5.41) is 13.6. The van der Waals surface area contributed by atoms with Crippen molar-refractivity contribution in [3.05, 3.63) is 59.0 Å².